The Labute approximate surface area is 127 Å². The molecule has 0 aliphatic carbocycles. The highest BCUT2D eigenvalue weighted by atomic mass is 16.6. The van der Waals surface area contributed by atoms with Crippen molar-refractivity contribution in [2.45, 2.75) is 39.2 Å². The van der Waals surface area contributed by atoms with Crippen molar-refractivity contribution in [3.05, 3.63) is 37.8 Å². The molecule has 2 rings (SSSR count). The third-order valence-electron chi connectivity index (χ3n) is 3.33. The van der Waals surface area contributed by atoms with Gasteiger partial charge in [0, 0.05) is 31.3 Å². The zero-order valence-electron chi connectivity index (χ0n) is 12.8. The third-order valence-corrected chi connectivity index (χ3v) is 3.33. The molecule has 0 bridgehead atoms. The second kappa shape index (κ2) is 5.78. The molecule has 120 valence electrons. The largest absolute Gasteiger partial charge is 0.444 e. The molecule has 0 saturated heterocycles. The van der Waals surface area contributed by atoms with Crippen LogP contribution in [-0.4, -0.2) is 39.6 Å². The monoisotopic (exact) mass is 309 g/mol. The molecule has 0 aromatic carbocycles. The zero-order chi connectivity index (χ0) is 16.5. The number of aromatic nitrogens is 1. The molecule has 0 unspecified atom stereocenters. The number of ether oxygens (including phenoxy) is 1. The fraction of sp³-hybridized carbons (Fsp3) is 0.571. The minimum absolute atomic E-state index is 0.394. The number of rotatable bonds is 1. The number of nitro groups is 1. The molecule has 1 aliphatic heterocycles. The third kappa shape index (κ3) is 3.63. The Morgan fingerprint density at radius 2 is 2.00 bits per heavy atom. The Hall–Kier alpha value is -2.38. The standard InChI is InChI=1S/C14H19N3O5/c1-14(2,3)22-13(19)16-6-4-9-8-11(17(20)21)12(18)15-10(9)5-7-16/h8H,4-7H2,1-3H3,(H,15,18). The summed E-state index contributed by atoms with van der Waals surface area (Å²) < 4.78 is 5.32. The van der Waals surface area contributed by atoms with E-state index in [0.717, 1.165) is 0 Å². The second-order valence-corrected chi connectivity index (χ2v) is 6.21. The molecule has 0 radical (unpaired) electrons. The number of hydrogen-bond acceptors (Lipinski definition) is 5. The van der Waals surface area contributed by atoms with Crippen LogP contribution in [0.5, 0.6) is 0 Å². The van der Waals surface area contributed by atoms with Crippen molar-refractivity contribution in [1.82, 2.24) is 9.88 Å². The summed E-state index contributed by atoms with van der Waals surface area (Å²) in [5.41, 5.74) is -0.429. The molecule has 0 atom stereocenters. The van der Waals surface area contributed by atoms with E-state index in [0.29, 0.717) is 37.2 Å². The van der Waals surface area contributed by atoms with E-state index in [4.69, 9.17) is 4.74 Å². The Morgan fingerprint density at radius 3 is 2.59 bits per heavy atom. The number of carbonyl (C=O) groups excluding carboxylic acids is 1. The lowest BCUT2D eigenvalue weighted by atomic mass is 10.1. The van der Waals surface area contributed by atoms with Crippen molar-refractivity contribution in [1.29, 1.82) is 0 Å². The van der Waals surface area contributed by atoms with E-state index in [2.05, 4.69) is 4.98 Å². The van der Waals surface area contributed by atoms with E-state index >= 15 is 0 Å². The maximum absolute atomic E-state index is 12.1. The highest BCUT2D eigenvalue weighted by Gasteiger charge is 2.26. The van der Waals surface area contributed by atoms with Crippen molar-refractivity contribution in [3.8, 4) is 0 Å². The van der Waals surface area contributed by atoms with Gasteiger partial charge >= 0.3 is 17.3 Å². The topological polar surface area (TPSA) is 106 Å². The van der Waals surface area contributed by atoms with Gasteiger partial charge in [0.2, 0.25) is 0 Å². The van der Waals surface area contributed by atoms with Crippen LogP contribution in [0.1, 0.15) is 32.0 Å². The van der Waals surface area contributed by atoms with Crippen molar-refractivity contribution >= 4 is 11.8 Å². The van der Waals surface area contributed by atoms with Crippen LogP contribution in [0, 0.1) is 10.1 Å². The van der Waals surface area contributed by atoms with Crippen LogP contribution in [0.25, 0.3) is 0 Å². The van der Waals surface area contributed by atoms with Gasteiger partial charge in [-0.25, -0.2) is 4.79 Å². The number of nitrogens with zero attached hydrogens (tertiary/aromatic N) is 2. The molecule has 1 amide bonds. The van der Waals surface area contributed by atoms with Gasteiger partial charge < -0.3 is 14.6 Å². The van der Waals surface area contributed by atoms with Gasteiger partial charge in [-0.15, -0.1) is 0 Å². The van der Waals surface area contributed by atoms with Crippen LogP contribution in [0.3, 0.4) is 0 Å². The van der Waals surface area contributed by atoms with Crippen LogP contribution in [0.2, 0.25) is 0 Å². The molecular weight excluding hydrogens is 290 g/mol. The summed E-state index contributed by atoms with van der Waals surface area (Å²) in [6, 6.07) is 1.30. The number of hydrogen-bond donors (Lipinski definition) is 1. The minimum Gasteiger partial charge on any atom is -0.444 e. The fourth-order valence-corrected chi connectivity index (χ4v) is 2.30. The number of nitrogens with one attached hydrogen (secondary N) is 1. The Kier molecular flexibility index (Phi) is 4.20. The maximum atomic E-state index is 12.1. The van der Waals surface area contributed by atoms with Crippen LogP contribution < -0.4 is 5.56 Å². The molecule has 22 heavy (non-hydrogen) atoms. The molecule has 1 aromatic rings. The normalized spacial score (nSPS) is 15.0. The fourth-order valence-electron chi connectivity index (χ4n) is 2.30. The Bertz CT molecular complexity index is 659. The quantitative estimate of drug-likeness (QED) is 0.626. The Morgan fingerprint density at radius 1 is 1.36 bits per heavy atom. The first kappa shape index (κ1) is 16.0. The molecule has 0 saturated carbocycles. The molecule has 0 fully saturated rings. The minimum atomic E-state index is -0.713. The van der Waals surface area contributed by atoms with Gasteiger partial charge in [-0.3, -0.25) is 14.9 Å². The lowest BCUT2D eigenvalue weighted by Crippen LogP contribution is -2.38. The number of amides is 1. The molecule has 0 spiro atoms. The average molecular weight is 309 g/mol. The Balaban J connectivity index is 2.18. The molecule has 8 nitrogen and oxygen atoms in total. The van der Waals surface area contributed by atoms with Crippen molar-refractivity contribution < 1.29 is 14.5 Å². The van der Waals surface area contributed by atoms with E-state index in [9.17, 15) is 19.7 Å². The lowest BCUT2D eigenvalue weighted by Gasteiger charge is -2.26. The molecular formula is C14H19N3O5. The number of carbonyl (C=O) groups is 1. The van der Waals surface area contributed by atoms with Crippen molar-refractivity contribution in [2.24, 2.45) is 0 Å². The predicted molar refractivity (Wildman–Crippen MR) is 78.9 cm³/mol. The summed E-state index contributed by atoms with van der Waals surface area (Å²) in [6.07, 6.45) is 0.450. The number of pyridine rings is 1. The van der Waals surface area contributed by atoms with E-state index in [1.807, 2.05) is 0 Å². The summed E-state index contributed by atoms with van der Waals surface area (Å²) in [7, 11) is 0. The van der Waals surface area contributed by atoms with E-state index in [1.54, 1.807) is 25.7 Å². The van der Waals surface area contributed by atoms with Crippen molar-refractivity contribution in [3.63, 3.8) is 0 Å². The molecule has 1 N–H and O–H groups in total. The van der Waals surface area contributed by atoms with Gasteiger partial charge in [-0.2, -0.15) is 0 Å². The summed E-state index contributed by atoms with van der Waals surface area (Å²) in [5.74, 6) is 0. The first-order chi connectivity index (χ1) is 10.2. The van der Waals surface area contributed by atoms with Gasteiger partial charge in [0.15, 0.2) is 0 Å². The van der Waals surface area contributed by atoms with Crippen LogP contribution in [0.4, 0.5) is 10.5 Å². The molecule has 1 aromatic heterocycles. The highest BCUT2D eigenvalue weighted by Crippen LogP contribution is 2.18. The maximum Gasteiger partial charge on any atom is 0.410 e. The van der Waals surface area contributed by atoms with Gasteiger partial charge in [0.05, 0.1) is 4.92 Å². The van der Waals surface area contributed by atoms with Crippen LogP contribution in [0.15, 0.2) is 10.9 Å². The average Bonchev–Trinajstić information content (AvgIpc) is 2.57. The molecule has 8 heteroatoms. The van der Waals surface area contributed by atoms with Crippen molar-refractivity contribution in [2.75, 3.05) is 13.1 Å². The predicted octanol–water partition coefficient (Wildman–Crippen LogP) is 1.62. The lowest BCUT2D eigenvalue weighted by molar-refractivity contribution is -0.386. The smallest absolute Gasteiger partial charge is 0.410 e. The van der Waals surface area contributed by atoms with Gasteiger partial charge in [0.25, 0.3) is 0 Å². The summed E-state index contributed by atoms with van der Waals surface area (Å²) in [5, 5.41) is 10.8. The SMILES string of the molecule is CC(C)(C)OC(=O)N1CCc2cc([N+](=O)[O-])c(=O)[nH]c2CC1. The van der Waals surface area contributed by atoms with Crippen LogP contribution >= 0.6 is 0 Å². The summed E-state index contributed by atoms with van der Waals surface area (Å²) >= 11 is 0. The first-order valence-electron chi connectivity index (χ1n) is 7.05. The number of aromatic amines is 1. The number of fused-ring (bicyclic) bond motifs is 1. The molecule has 2 heterocycles. The highest BCUT2D eigenvalue weighted by molar-refractivity contribution is 5.68. The zero-order valence-corrected chi connectivity index (χ0v) is 12.8. The van der Waals surface area contributed by atoms with Gasteiger partial charge in [0.1, 0.15) is 5.60 Å². The molecule has 1 aliphatic rings. The van der Waals surface area contributed by atoms with E-state index in [-0.39, 0.29) is 0 Å². The van der Waals surface area contributed by atoms with Gasteiger partial charge in [-0.05, 0) is 32.8 Å². The number of H-pyrrole nitrogens is 1. The van der Waals surface area contributed by atoms with Gasteiger partial charge in [-0.1, -0.05) is 0 Å². The van der Waals surface area contributed by atoms with Crippen LogP contribution in [-0.2, 0) is 17.6 Å². The summed E-state index contributed by atoms with van der Waals surface area (Å²) in [4.78, 5) is 38.0. The van der Waals surface area contributed by atoms with E-state index in [1.165, 1.54) is 6.07 Å². The second-order valence-electron chi connectivity index (χ2n) is 6.21. The first-order valence-corrected chi connectivity index (χ1v) is 7.05. The van der Waals surface area contributed by atoms with E-state index < -0.39 is 27.9 Å². The summed E-state index contributed by atoms with van der Waals surface area (Å²) in [6.45, 7) is 6.16.